The molecular weight excluding hydrogens is 286 g/mol. The second-order valence-corrected chi connectivity index (χ2v) is 6.19. The topological polar surface area (TPSA) is 38.3 Å². The van der Waals surface area contributed by atoms with Crippen LogP contribution in [0.1, 0.15) is 40.8 Å². The molecule has 0 aromatic heterocycles. The van der Waals surface area contributed by atoms with E-state index in [9.17, 15) is 4.79 Å². The number of carbonyl (C=O) groups excluding carboxylic acids is 1. The van der Waals surface area contributed by atoms with Crippen molar-refractivity contribution < 1.29 is 9.53 Å². The third-order valence-corrected chi connectivity index (χ3v) is 4.11. The monoisotopic (exact) mass is 311 g/mol. The number of carbonyl (C=O) groups is 1. The molecule has 0 radical (unpaired) electrons. The molecule has 0 aliphatic rings. The van der Waals surface area contributed by atoms with Crippen molar-refractivity contribution in [2.75, 3.05) is 6.61 Å². The highest BCUT2D eigenvalue weighted by molar-refractivity contribution is 5.78. The first-order chi connectivity index (χ1) is 10.9. The number of rotatable bonds is 5. The third kappa shape index (κ3) is 4.59. The average Bonchev–Trinajstić information content (AvgIpc) is 2.50. The van der Waals surface area contributed by atoms with E-state index in [2.05, 4.69) is 37.4 Å². The summed E-state index contributed by atoms with van der Waals surface area (Å²) in [6, 6.07) is 12.2. The van der Waals surface area contributed by atoms with Gasteiger partial charge in [0.15, 0.2) is 6.61 Å². The maximum atomic E-state index is 12.1. The van der Waals surface area contributed by atoms with Crippen LogP contribution in [0.5, 0.6) is 5.75 Å². The Labute approximate surface area is 138 Å². The van der Waals surface area contributed by atoms with E-state index in [1.807, 2.05) is 39.0 Å². The minimum atomic E-state index is -0.114. The fraction of sp³-hybridized carbons (Fsp3) is 0.350. The Morgan fingerprint density at radius 3 is 2.39 bits per heavy atom. The smallest absolute Gasteiger partial charge is 0.258 e. The summed E-state index contributed by atoms with van der Waals surface area (Å²) in [7, 11) is 0. The number of hydrogen-bond donors (Lipinski definition) is 1. The van der Waals surface area contributed by atoms with Gasteiger partial charge in [0.2, 0.25) is 0 Å². The van der Waals surface area contributed by atoms with Gasteiger partial charge in [-0.15, -0.1) is 0 Å². The molecule has 1 amide bonds. The molecule has 122 valence electrons. The van der Waals surface area contributed by atoms with Gasteiger partial charge < -0.3 is 10.1 Å². The molecule has 2 aromatic rings. The van der Waals surface area contributed by atoms with Gasteiger partial charge >= 0.3 is 0 Å². The minimum Gasteiger partial charge on any atom is -0.483 e. The standard InChI is InChI=1S/C20H25NO2/c1-13-6-7-15(3)19(10-13)23-12-20(22)21-17(5)18-9-8-14(2)16(4)11-18/h6-11,17H,12H2,1-5H3,(H,21,22)/t17-/m0/s1. The Hall–Kier alpha value is -2.29. The third-order valence-electron chi connectivity index (χ3n) is 4.11. The van der Waals surface area contributed by atoms with Crippen LogP contribution in [0.15, 0.2) is 36.4 Å². The molecule has 2 aromatic carbocycles. The van der Waals surface area contributed by atoms with Crippen LogP contribution in [0.2, 0.25) is 0 Å². The van der Waals surface area contributed by atoms with E-state index in [4.69, 9.17) is 4.74 Å². The Balaban J connectivity index is 1.93. The van der Waals surface area contributed by atoms with Gasteiger partial charge in [0.05, 0.1) is 6.04 Å². The highest BCUT2D eigenvalue weighted by Crippen LogP contribution is 2.19. The first kappa shape index (κ1) is 17.1. The van der Waals surface area contributed by atoms with Crippen LogP contribution in [-0.4, -0.2) is 12.5 Å². The maximum absolute atomic E-state index is 12.1. The van der Waals surface area contributed by atoms with Gasteiger partial charge in [-0.3, -0.25) is 4.79 Å². The van der Waals surface area contributed by atoms with Crippen LogP contribution in [0, 0.1) is 27.7 Å². The van der Waals surface area contributed by atoms with Crippen LogP contribution in [0.4, 0.5) is 0 Å². The second-order valence-electron chi connectivity index (χ2n) is 6.19. The molecular formula is C20H25NO2. The fourth-order valence-corrected chi connectivity index (χ4v) is 2.41. The molecule has 0 fully saturated rings. The molecule has 0 aliphatic carbocycles. The van der Waals surface area contributed by atoms with Crippen molar-refractivity contribution in [1.82, 2.24) is 5.32 Å². The molecule has 0 bridgehead atoms. The van der Waals surface area contributed by atoms with E-state index in [1.54, 1.807) is 0 Å². The lowest BCUT2D eigenvalue weighted by Gasteiger charge is -2.16. The Bertz CT molecular complexity index is 707. The number of hydrogen-bond acceptors (Lipinski definition) is 2. The van der Waals surface area contributed by atoms with Crippen molar-refractivity contribution in [2.24, 2.45) is 0 Å². The number of nitrogens with one attached hydrogen (secondary N) is 1. The molecule has 2 rings (SSSR count). The second kappa shape index (κ2) is 7.32. The summed E-state index contributed by atoms with van der Waals surface area (Å²) in [5.41, 5.74) is 5.74. The van der Waals surface area contributed by atoms with Crippen LogP contribution in [0.25, 0.3) is 0 Å². The molecule has 1 N–H and O–H groups in total. The van der Waals surface area contributed by atoms with Crippen molar-refractivity contribution >= 4 is 5.91 Å². The first-order valence-electron chi connectivity index (χ1n) is 7.93. The lowest BCUT2D eigenvalue weighted by molar-refractivity contribution is -0.123. The van der Waals surface area contributed by atoms with Crippen molar-refractivity contribution in [1.29, 1.82) is 0 Å². The van der Waals surface area contributed by atoms with Gasteiger partial charge in [-0.25, -0.2) is 0 Å². The molecule has 0 saturated carbocycles. The van der Waals surface area contributed by atoms with Gasteiger partial charge in [-0.2, -0.15) is 0 Å². The molecule has 0 spiro atoms. The van der Waals surface area contributed by atoms with Crippen molar-refractivity contribution in [3.63, 3.8) is 0 Å². The molecule has 0 saturated heterocycles. The van der Waals surface area contributed by atoms with Crippen LogP contribution >= 0.6 is 0 Å². The summed E-state index contributed by atoms with van der Waals surface area (Å²) >= 11 is 0. The molecule has 1 atom stereocenters. The number of amides is 1. The lowest BCUT2D eigenvalue weighted by atomic mass is 10.0. The van der Waals surface area contributed by atoms with Gasteiger partial charge in [0.1, 0.15) is 5.75 Å². The van der Waals surface area contributed by atoms with Crippen LogP contribution in [0.3, 0.4) is 0 Å². The summed E-state index contributed by atoms with van der Waals surface area (Å²) in [4.78, 5) is 12.1. The van der Waals surface area contributed by atoms with E-state index >= 15 is 0 Å². The Kier molecular flexibility index (Phi) is 5.43. The summed E-state index contributed by atoms with van der Waals surface area (Å²) in [5, 5.41) is 2.98. The van der Waals surface area contributed by atoms with Crippen LogP contribution < -0.4 is 10.1 Å². The molecule has 23 heavy (non-hydrogen) atoms. The molecule has 3 heteroatoms. The molecule has 0 unspecified atom stereocenters. The van der Waals surface area contributed by atoms with Crippen molar-refractivity contribution in [3.8, 4) is 5.75 Å². The number of aryl methyl sites for hydroxylation is 4. The Morgan fingerprint density at radius 2 is 1.70 bits per heavy atom. The fourth-order valence-electron chi connectivity index (χ4n) is 2.41. The SMILES string of the molecule is Cc1ccc(C)c(OCC(=O)N[C@@H](C)c2ccc(C)c(C)c2)c1. The van der Waals surface area contributed by atoms with E-state index < -0.39 is 0 Å². The van der Waals surface area contributed by atoms with E-state index in [-0.39, 0.29) is 18.6 Å². The summed E-state index contributed by atoms with van der Waals surface area (Å²) in [6.07, 6.45) is 0. The normalized spacial score (nSPS) is 11.9. The molecule has 0 heterocycles. The molecule has 3 nitrogen and oxygen atoms in total. The van der Waals surface area contributed by atoms with Gasteiger partial charge in [0.25, 0.3) is 5.91 Å². The van der Waals surface area contributed by atoms with Gasteiger partial charge in [-0.05, 0) is 68.5 Å². The maximum Gasteiger partial charge on any atom is 0.258 e. The van der Waals surface area contributed by atoms with Crippen LogP contribution in [-0.2, 0) is 4.79 Å². The van der Waals surface area contributed by atoms with E-state index in [1.165, 1.54) is 11.1 Å². The zero-order valence-electron chi connectivity index (χ0n) is 14.6. The predicted octanol–water partition coefficient (Wildman–Crippen LogP) is 4.18. The zero-order valence-corrected chi connectivity index (χ0v) is 14.6. The predicted molar refractivity (Wildman–Crippen MR) is 93.9 cm³/mol. The number of ether oxygens (including phenoxy) is 1. The number of benzene rings is 2. The van der Waals surface area contributed by atoms with E-state index in [0.29, 0.717) is 0 Å². The first-order valence-corrected chi connectivity index (χ1v) is 7.93. The van der Waals surface area contributed by atoms with Gasteiger partial charge in [-0.1, -0.05) is 30.3 Å². The summed E-state index contributed by atoms with van der Waals surface area (Å²) < 4.78 is 5.65. The average molecular weight is 311 g/mol. The highest BCUT2D eigenvalue weighted by atomic mass is 16.5. The van der Waals surface area contributed by atoms with Crippen molar-refractivity contribution in [2.45, 2.75) is 40.7 Å². The lowest BCUT2D eigenvalue weighted by Crippen LogP contribution is -2.31. The Morgan fingerprint density at radius 1 is 1.00 bits per heavy atom. The summed E-state index contributed by atoms with van der Waals surface area (Å²) in [5.74, 6) is 0.649. The quantitative estimate of drug-likeness (QED) is 0.899. The minimum absolute atomic E-state index is 0.0273. The van der Waals surface area contributed by atoms with Gasteiger partial charge in [0, 0.05) is 0 Å². The zero-order chi connectivity index (χ0) is 17.0. The summed E-state index contributed by atoms with van der Waals surface area (Å²) in [6.45, 7) is 10.2. The largest absolute Gasteiger partial charge is 0.483 e. The van der Waals surface area contributed by atoms with E-state index in [0.717, 1.165) is 22.4 Å². The highest BCUT2D eigenvalue weighted by Gasteiger charge is 2.11. The van der Waals surface area contributed by atoms with Crippen molar-refractivity contribution in [3.05, 3.63) is 64.2 Å². The molecule has 0 aliphatic heterocycles.